The third-order valence-electron chi connectivity index (χ3n) is 6.11. The van der Waals surface area contributed by atoms with Crippen LogP contribution >= 0.6 is 23.2 Å². The topological polar surface area (TPSA) is 46.5 Å². The van der Waals surface area contributed by atoms with E-state index in [9.17, 15) is 9.90 Å². The van der Waals surface area contributed by atoms with Gasteiger partial charge in [0.25, 0.3) is 0 Å². The van der Waals surface area contributed by atoms with Crippen LogP contribution in [-0.4, -0.2) is 28.9 Å². The number of methoxy groups -OCH3 is 1. The van der Waals surface area contributed by atoms with Gasteiger partial charge >= 0.3 is 5.97 Å². The van der Waals surface area contributed by atoms with E-state index in [-0.39, 0.29) is 28.6 Å². The number of hydrogen-bond donors (Lipinski definition) is 1. The second-order valence-electron chi connectivity index (χ2n) is 8.31. The maximum absolute atomic E-state index is 11.2. The molecule has 2 rings (SSSR count). The van der Waals surface area contributed by atoms with Gasteiger partial charge in [0.1, 0.15) is 0 Å². The van der Waals surface area contributed by atoms with Gasteiger partial charge in [0, 0.05) is 23.1 Å². The van der Waals surface area contributed by atoms with Crippen LogP contribution in [0, 0.1) is 5.92 Å². The zero-order valence-electron chi connectivity index (χ0n) is 18.2. The summed E-state index contributed by atoms with van der Waals surface area (Å²) in [5.74, 6) is 0.329. The van der Waals surface area contributed by atoms with Crippen LogP contribution in [0.2, 0.25) is 0 Å². The molecule has 5 heteroatoms. The number of halogens is 2. The molecule has 5 atom stereocenters. The second-order valence-corrected chi connectivity index (χ2v) is 9.43. The van der Waals surface area contributed by atoms with Gasteiger partial charge in [-0.25, -0.2) is 0 Å². The van der Waals surface area contributed by atoms with Crippen LogP contribution in [-0.2, 0) is 9.53 Å². The van der Waals surface area contributed by atoms with Gasteiger partial charge in [-0.1, -0.05) is 62.6 Å². The second kappa shape index (κ2) is 13.4. The number of alkyl halides is 2. The van der Waals surface area contributed by atoms with E-state index in [0.29, 0.717) is 6.42 Å². The number of benzene rings is 1. The smallest absolute Gasteiger partial charge is 0.305 e. The Morgan fingerprint density at radius 2 is 1.90 bits per heavy atom. The number of aliphatic hydroxyl groups excluding tert-OH is 1. The van der Waals surface area contributed by atoms with Crippen molar-refractivity contribution in [2.75, 3.05) is 7.11 Å². The Balaban J connectivity index is 1.94. The largest absolute Gasteiger partial charge is 0.469 e. The Bertz CT molecular complexity index is 659. The van der Waals surface area contributed by atoms with E-state index in [1.165, 1.54) is 12.7 Å². The van der Waals surface area contributed by atoms with E-state index in [2.05, 4.69) is 35.9 Å². The fraction of sp³-hybridized carbons (Fsp3) is 0.640. The third kappa shape index (κ3) is 7.59. The molecular weight excluding hydrogens is 419 g/mol. The Morgan fingerprint density at radius 1 is 1.17 bits per heavy atom. The summed E-state index contributed by atoms with van der Waals surface area (Å²) in [5, 5.41) is 10.5. The van der Waals surface area contributed by atoms with E-state index in [1.54, 1.807) is 0 Å². The molecule has 0 saturated heterocycles. The monoisotopic (exact) mass is 454 g/mol. The molecule has 0 radical (unpaired) electrons. The molecule has 1 unspecified atom stereocenters. The SMILES string of the molecule is CCCCCC(O)c1ccc([C@@H]2[C@@H](C/C=C\CCCC(=O)OC)[C@H](Cl)C[C@@H]2Cl)cc1. The summed E-state index contributed by atoms with van der Waals surface area (Å²) in [4.78, 5) is 11.2. The van der Waals surface area contributed by atoms with Crippen molar-refractivity contribution in [3.05, 3.63) is 47.5 Å². The number of ether oxygens (including phenoxy) is 1. The molecule has 1 aliphatic carbocycles. The summed E-state index contributed by atoms with van der Waals surface area (Å²) in [6, 6.07) is 8.30. The molecule has 168 valence electrons. The lowest BCUT2D eigenvalue weighted by Gasteiger charge is -2.23. The van der Waals surface area contributed by atoms with Gasteiger partial charge < -0.3 is 9.84 Å². The highest BCUT2D eigenvalue weighted by molar-refractivity contribution is 6.25. The van der Waals surface area contributed by atoms with E-state index < -0.39 is 6.10 Å². The Kier molecular flexibility index (Phi) is 11.3. The number of aliphatic hydroxyl groups is 1. The lowest BCUT2D eigenvalue weighted by Crippen LogP contribution is -2.16. The molecule has 1 aliphatic rings. The third-order valence-corrected chi connectivity index (χ3v) is 7.06. The maximum atomic E-state index is 11.2. The summed E-state index contributed by atoms with van der Waals surface area (Å²) < 4.78 is 4.66. The highest BCUT2D eigenvalue weighted by Gasteiger charge is 2.41. The van der Waals surface area contributed by atoms with Gasteiger partial charge in [-0.05, 0) is 49.1 Å². The average Bonchev–Trinajstić information content (AvgIpc) is 3.03. The lowest BCUT2D eigenvalue weighted by atomic mass is 9.85. The van der Waals surface area contributed by atoms with Gasteiger partial charge in [-0.15, -0.1) is 23.2 Å². The van der Waals surface area contributed by atoms with Gasteiger partial charge in [0.15, 0.2) is 0 Å². The molecule has 0 heterocycles. The van der Waals surface area contributed by atoms with Crippen LogP contribution in [0.25, 0.3) is 0 Å². The van der Waals surface area contributed by atoms with Gasteiger partial charge in [0.05, 0.1) is 13.2 Å². The van der Waals surface area contributed by atoms with Crippen LogP contribution in [0.5, 0.6) is 0 Å². The van der Waals surface area contributed by atoms with Crippen molar-refractivity contribution < 1.29 is 14.6 Å². The molecule has 1 saturated carbocycles. The van der Waals surface area contributed by atoms with Crippen molar-refractivity contribution in [2.24, 2.45) is 5.92 Å². The Labute approximate surface area is 191 Å². The molecule has 1 N–H and O–H groups in total. The molecule has 1 aromatic carbocycles. The maximum Gasteiger partial charge on any atom is 0.305 e. The van der Waals surface area contributed by atoms with Crippen LogP contribution in [0.4, 0.5) is 0 Å². The number of allylic oxidation sites excluding steroid dienone is 2. The van der Waals surface area contributed by atoms with Crippen molar-refractivity contribution in [3.8, 4) is 0 Å². The van der Waals surface area contributed by atoms with Crippen molar-refractivity contribution in [1.82, 2.24) is 0 Å². The predicted molar refractivity (Wildman–Crippen MR) is 125 cm³/mol. The molecule has 1 aromatic rings. The van der Waals surface area contributed by atoms with Crippen molar-refractivity contribution in [1.29, 1.82) is 0 Å². The number of unbranched alkanes of at least 4 members (excludes halogenated alkanes) is 3. The van der Waals surface area contributed by atoms with Crippen LogP contribution in [0.1, 0.15) is 87.9 Å². The fourth-order valence-electron chi connectivity index (χ4n) is 4.31. The Morgan fingerprint density at radius 3 is 2.57 bits per heavy atom. The van der Waals surface area contributed by atoms with Gasteiger partial charge in [-0.2, -0.15) is 0 Å². The molecule has 0 aliphatic heterocycles. The summed E-state index contributed by atoms with van der Waals surface area (Å²) in [5.41, 5.74) is 2.18. The first kappa shape index (κ1) is 25.2. The molecule has 0 amide bonds. The highest BCUT2D eigenvalue weighted by Crippen LogP contribution is 2.47. The highest BCUT2D eigenvalue weighted by atomic mass is 35.5. The van der Waals surface area contributed by atoms with E-state index in [1.807, 2.05) is 12.1 Å². The normalized spacial score (nSPS) is 25.0. The van der Waals surface area contributed by atoms with Crippen molar-refractivity contribution in [3.63, 3.8) is 0 Å². The number of carbonyl (C=O) groups is 1. The first-order valence-electron chi connectivity index (χ1n) is 11.3. The van der Waals surface area contributed by atoms with Crippen LogP contribution in [0.3, 0.4) is 0 Å². The molecule has 0 spiro atoms. The molecule has 3 nitrogen and oxygen atoms in total. The first-order chi connectivity index (χ1) is 14.5. The minimum absolute atomic E-state index is 0.0190. The minimum atomic E-state index is -0.398. The minimum Gasteiger partial charge on any atom is -0.469 e. The summed E-state index contributed by atoms with van der Waals surface area (Å²) in [6.07, 6.45) is 11.8. The molecular formula is C25H36Cl2O3. The van der Waals surface area contributed by atoms with E-state index >= 15 is 0 Å². The summed E-state index contributed by atoms with van der Waals surface area (Å²) in [7, 11) is 1.42. The number of esters is 1. The standard InChI is InChI=1S/C25H36Cl2O3/c1-3-4-7-11-23(28)18-13-15-19(16-14-18)25-20(21(26)17-22(25)27)10-8-5-6-9-12-24(29)30-2/h5,8,13-16,20-23,25,28H,3-4,6-7,9-12,17H2,1-2H3/b8-5-/t20-,21+,22-,23?,25+/m0/s1. The summed E-state index contributed by atoms with van der Waals surface area (Å²) >= 11 is 13.3. The zero-order chi connectivity index (χ0) is 21.9. The predicted octanol–water partition coefficient (Wildman–Crippen LogP) is 6.91. The molecule has 0 aromatic heterocycles. The first-order valence-corrected chi connectivity index (χ1v) is 12.1. The van der Waals surface area contributed by atoms with Crippen LogP contribution < -0.4 is 0 Å². The average molecular weight is 455 g/mol. The molecule has 1 fully saturated rings. The zero-order valence-corrected chi connectivity index (χ0v) is 19.7. The van der Waals surface area contributed by atoms with Gasteiger partial charge in [0.2, 0.25) is 0 Å². The molecule has 30 heavy (non-hydrogen) atoms. The Hall–Kier alpha value is -1.03. The van der Waals surface area contributed by atoms with E-state index in [4.69, 9.17) is 23.2 Å². The van der Waals surface area contributed by atoms with Gasteiger partial charge in [-0.3, -0.25) is 4.79 Å². The van der Waals surface area contributed by atoms with Crippen molar-refractivity contribution >= 4 is 29.2 Å². The summed E-state index contributed by atoms with van der Waals surface area (Å²) in [6.45, 7) is 2.17. The fourth-order valence-corrected chi connectivity index (χ4v) is 5.38. The number of carbonyl (C=O) groups excluding carboxylic acids is 1. The van der Waals surface area contributed by atoms with Crippen molar-refractivity contribution in [2.45, 2.75) is 87.5 Å². The molecule has 0 bridgehead atoms. The van der Waals surface area contributed by atoms with E-state index in [0.717, 1.165) is 56.9 Å². The van der Waals surface area contributed by atoms with Crippen LogP contribution in [0.15, 0.2) is 36.4 Å². The lowest BCUT2D eigenvalue weighted by molar-refractivity contribution is -0.140. The number of rotatable bonds is 12. The number of hydrogen-bond acceptors (Lipinski definition) is 3. The quantitative estimate of drug-likeness (QED) is 0.161.